The van der Waals surface area contributed by atoms with Crippen molar-refractivity contribution in [2.45, 2.75) is 0 Å². The van der Waals surface area contributed by atoms with Gasteiger partial charge in [-0.25, -0.2) is 4.98 Å². The van der Waals surface area contributed by atoms with Crippen molar-refractivity contribution in [2.24, 2.45) is 0 Å². The molecule has 0 atom stereocenters. The third kappa shape index (κ3) is 3.42. The van der Waals surface area contributed by atoms with Gasteiger partial charge in [0.1, 0.15) is 11.2 Å². The Kier molecular flexibility index (Phi) is 5.05. The van der Waals surface area contributed by atoms with Gasteiger partial charge in [0.25, 0.3) is 0 Å². The largest absolute Gasteiger partial charge is 0.456 e. The summed E-state index contributed by atoms with van der Waals surface area (Å²) >= 11 is 0. The van der Waals surface area contributed by atoms with Crippen LogP contribution in [0.4, 0.5) is 0 Å². The Morgan fingerprint density at radius 2 is 1.04 bits per heavy atom. The molecule has 0 saturated carbocycles. The van der Waals surface area contributed by atoms with E-state index < -0.39 is 0 Å². The van der Waals surface area contributed by atoms with Gasteiger partial charge < -0.3 is 4.42 Å². The Morgan fingerprint density at radius 3 is 1.92 bits per heavy atom. The summed E-state index contributed by atoms with van der Waals surface area (Å²) in [6.07, 6.45) is 0. The number of hydrogen-bond donors (Lipinski definition) is 0. The maximum absolute atomic E-state index is 6.27. The van der Waals surface area contributed by atoms with Crippen LogP contribution in [0.2, 0.25) is 0 Å². The SMILES string of the molecule is c1ccc(-c2nc(-c3cccc4oc5ccccc5c34)nc(-n3c4cccc5c4c4c6c(cccc6ccc43)-c3ccccc3-5)n2)cc1. The Morgan fingerprint density at radius 1 is 0.396 bits per heavy atom. The van der Waals surface area contributed by atoms with Crippen LogP contribution >= 0.6 is 0 Å². The summed E-state index contributed by atoms with van der Waals surface area (Å²) in [5.74, 6) is 1.79. The Balaban J connectivity index is 1.29. The van der Waals surface area contributed by atoms with Gasteiger partial charge in [-0.15, -0.1) is 0 Å². The minimum absolute atomic E-state index is 0.575. The number of nitrogens with zero attached hydrogens (tertiary/aromatic N) is 4. The van der Waals surface area contributed by atoms with Crippen molar-refractivity contribution in [2.75, 3.05) is 0 Å². The Bertz CT molecular complexity index is 2950. The quantitative estimate of drug-likeness (QED) is 0.199. The van der Waals surface area contributed by atoms with E-state index in [0.717, 1.165) is 44.1 Å². The lowest BCUT2D eigenvalue weighted by Gasteiger charge is -2.14. The van der Waals surface area contributed by atoms with E-state index in [9.17, 15) is 0 Å². The molecule has 0 aliphatic heterocycles. The van der Waals surface area contributed by atoms with Gasteiger partial charge in [0.2, 0.25) is 5.95 Å². The smallest absolute Gasteiger partial charge is 0.238 e. The second-order valence-corrected chi connectivity index (χ2v) is 12.4. The zero-order valence-electron chi connectivity index (χ0n) is 25.6. The van der Waals surface area contributed by atoms with E-state index in [1.165, 1.54) is 43.8 Å². The molecule has 0 N–H and O–H groups in total. The van der Waals surface area contributed by atoms with Crippen molar-refractivity contribution in [3.63, 3.8) is 0 Å². The van der Waals surface area contributed by atoms with Crippen LogP contribution in [0.5, 0.6) is 0 Å². The lowest BCUT2D eigenvalue weighted by Crippen LogP contribution is -2.06. The van der Waals surface area contributed by atoms with Gasteiger partial charge in [-0.3, -0.25) is 4.57 Å². The van der Waals surface area contributed by atoms with E-state index in [4.69, 9.17) is 19.4 Å². The van der Waals surface area contributed by atoms with Crippen molar-refractivity contribution >= 4 is 54.5 Å². The standard InChI is InChI=1S/C43H24N4O/c1-2-11-26(12-3-1)41-44-42(32-19-10-22-36-38(32)31-16-6-7-21-35(31)48-36)46-43(45-41)47-33-20-9-18-30-28-15-5-4-14-27(28)29-17-8-13-25-23-24-34(47)40(37(25)29)39(30)33/h1-24H. The molecule has 0 unspecified atom stereocenters. The van der Waals surface area contributed by atoms with Crippen molar-refractivity contribution in [1.29, 1.82) is 0 Å². The second-order valence-electron chi connectivity index (χ2n) is 12.4. The summed E-state index contributed by atoms with van der Waals surface area (Å²) in [5.41, 5.74) is 10.5. The maximum Gasteiger partial charge on any atom is 0.238 e. The highest BCUT2D eigenvalue weighted by atomic mass is 16.3. The number of para-hydroxylation sites is 1. The van der Waals surface area contributed by atoms with E-state index in [-0.39, 0.29) is 0 Å². The molecule has 10 aromatic rings. The Labute approximate surface area is 274 Å². The fourth-order valence-corrected chi connectivity index (χ4v) is 7.81. The second kappa shape index (κ2) is 9.47. The van der Waals surface area contributed by atoms with Crippen molar-refractivity contribution < 1.29 is 4.42 Å². The normalized spacial score (nSPS) is 12.2. The van der Waals surface area contributed by atoms with E-state index in [2.05, 4.69) is 102 Å². The zero-order chi connectivity index (χ0) is 31.3. The molecular formula is C43H24N4O. The van der Waals surface area contributed by atoms with Gasteiger partial charge in [-0.2, -0.15) is 9.97 Å². The minimum Gasteiger partial charge on any atom is -0.456 e. The summed E-state index contributed by atoms with van der Waals surface area (Å²) in [6.45, 7) is 0. The lowest BCUT2D eigenvalue weighted by molar-refractivity contribution is 0.669. The Hall–Kier alpha value is -6.59. The van der Waals surface area contributed by atoms with Crippen LogP contribution in [0.15, 0.2) is 150 Å². The predicted molar refractivity (Wildman–Crippen MR) is 194 cm³/mol. The predicted octanol–water partition coefficient (Wildman–Crippen LogP) is 11.0. The molecule has 222 valence electrons. The molecule has 5 nitrogen and oxygen atoms in total. The molecule has 48 heavy (non-hydrogen) atoms. The third-order valence-corrected chi connectivity index (χ3v) is 9.80. The van der Waals surface area contributed by atoms with Gasteiger partial charge in [0, 0.05) is 32.7 Å². The van der Waals surface area contributed by atoms with Crippen molar-refractivity contribution in [3.05, 3.63) is 146 Å². The first-order valence-electron chi connectivity index (χ1n) is 16.1. The molecular weight excluding hydrogens is 589 g/mol. The van der Waals surface area contributed by atoms with Gasteiger partial charge in [0.05, 0.1) is 11.0 Å². The highest BCUT2D eigenvalue weighted by Crippen LogP contribution is 2.49. The molecule has 11 rings (SSSR count). The molecule has 0 saturated heterocycles. The molecule has 5 heteroatoms. The van der Waals surface area contributed by atoms with Crippen LogP contribution in [-0.2, 0) is 0 Å². The van der Waals surface area contributed by atoms with Gasteiger partial charge in [-0.05, 0) is 57.3 Å². The average Bonchev–Trinajstić information content (AvgIpc) is 3.67. The molecule has 0 amide bonds. The topological polar surface area (TPSA) is 56.7 Å². The zero-order valence-corrected chi connectivity index (χ0v) is 25.6. The summed E-state index contributed by atoms with van der Waals surface area (Å²) in [4.78, 5) is 15.6. The molecule has 7 aromatic carbocycles. The van der Waals surface area contributed by atoms with Gasteiger partial charge >= 0.3 is 0 Å². The third-order valence-electron chi connectivity index (χ3n) is 9.80. The highest BCUT2D eigenvalue weighted by Gasteiger charge is 2.26. The number of aromatic nitrogens is 4. The van der Waals surface area contributed by atoms with Crippen LogP contribution in [0, 0.1) is 0 Å². The summed E-state index contributed by atoms with van der Waals surface area (Å²) in [5, 5.41) is 6.93. The average molecular weight is 613 g/mol. The van der Waals surface area contributed by atoms with Crippen LogP contribution in [0.3, 0.4) is 0 Å². The first kappa shape index (κ1) is 25.6. The maximum atomic E-state index is 6.27. The van der Waals surface area contributed by atoms with E-state index in [1.54, 1.807) is 0 Å². The van der Waals surface area contributed by atoms with Crippen LogP contribution in [0.25, 0.3) is 105 Å². The molecule has 1 aliphatic carbocycles. The van der Waals surface area contributed by atoms with Crippen LogP contribution in [0.1, 0.15) is 0 Å². The number of fused-ring (bicyclic) bond motifs is 6. The van der Waals surface area contributed by atoms with E-state index >= 15 is 0 Å². The first-order chi connectivity index (χ1) is 23.8. The summed E-state index contributed by atoms with van der Waals surface area (Å²) in [6, 6.07) is 50.8. The lowest BCUT2D eigenvalue weighted by atomic mass is 9.93. The number of hydrogen-bond acceptors (Lipinski definition) is 4. The van der Waals surface area contributed by atoms with Gasteiger partial charge in [0.15, 0.2) is 11.6 Å². The summed E-state index contributed by atoms with van der Waals surface area (Å²) < 4.78 is 8.50. The molecule has 1 aliphatic rings. The summed E-state index contributed by atoms with van der Waals surface area (Å²) in [7, 11) is 0. The molecule has 3 aromatic heterocycles. The molecule has 0 radical (unpaired) electrons. The van der Waals surface area contributed by atoms with Crippen LogP contribution < -0.4 is 0 Å². The number of benzene rings is 7. The molecule has 0 bridgehead atoms. The first-order valence-corrected chi connectivity index (χ1v) is 16.1. The van der Waals surface area contributed by atoms with Crippen molar-refractivity contribution in [3.8, 4) is 51.0 Å². The van der Waals surface area contributed by atoms with E-state index in [1.807, 2.05) is 48.5 Å². The molecule has 0 spiro atoms. The van der Waals surface area contributed by atoms with E-state index in [0.29, 0.717) is 17.6 Å². The molecule has 0 fully saturated rings. The van der Waals surface area contributed by atoms with Crippen LogP contribution in [-0.4, -0.2) is 19.5 Å². The number of rotatable bonds is 3. The molecule has 3 heterocycles. The fourth-order valence-electron chi connectivity index (χ4n) is 7.81. The fraction of sp³-hybridized carbons (Fsp3) is 0. The van der Waals surface area contributed by atoms with Gasteiger partial charge in [-0.1, -0.05) is 121 Å². The monoisotopic (exact) mass is 612 g/mol. The highest BCUT2D eigenvalue weighted by molar-refractivity contribution is 6.30. The van der Waals surface area contributed by atoms with Crippen molar-refractivity contribution in [1.82, 2.24) is 19.5 Å². The minimum atomic E-state index is 0.575. The number of furan rings is 1.